The molecule has 172 valence electrons. The molecule has 0 heterocycles. The van der Waals surface area contributed by atoms with E-state index in [1.807, 2.05) is 38.1 Å². The molecule has 3 rings (SSSR count). The Labute approximate surface area is 193 Å². The van der Waals surface area contributed by atoms with E-state index in [1.54, 1.807) is 48.4 Å². The van der Waals surface area contributed by atoms with Crippen molar-refractivity contribution in [3.63, 3.8) is 0 Å². The molecule has 0 fully saturated rings. The lowest BCUT2D eigenvalue weighted by molar-refractivity contribution is -0.115. The number of methoxy groups -OCH3 is 1. The second kappa shape index (κ2) is 11.1. The fourth-order valence-corrected chi connectivity index (χ4v) is 3.28. The molecule has 0 unspecified atom stereocenters. The topological polar surface area (TPSA) is 70.7 Å². The number of anilines is 2. The maximum Gasteiger partial charge on any atom is 0.322 e. The van der Waals surface area contributed by atoms with Crippen LogP contribution in [0.25, 0.3) is 0 Å². The third-order valence-electron chi connectivity index (χ3n) is 4.87. The van der Waals surface area contributed by atoms with Gasteiger partial charge in [-0.25, -0.2) is 9.18 Å². The number of carbonyl (C=O) groups excluding carboxylic acids is 2. The first-order valence-electron chi connectivity index (χ1n) is 10.7. The van der Waals surface area contributed by atoms with Crippen LogP contribution in [0, 0.1) is 5.82 Å². The second-order valence-corrected chi connectivity index (χ2v) is 7.94. The molecule has 0 aliphatic rings. The van der Waals surface area contributed by atoms with E-state index in [4.69, 9.17) is 4.74 Å². The minimum atomic E-state index is -0.332. The van der Waals surface area contributed by atoms with Gasteiger partial charge in [-0.1, -0.05) is 24.3 Å². The summed E-state index contributed by atoms with van der Waals surface area (Å²) in [5, 5.41) is 5.76. The molecular weight excluding hydrogens is 421 g/mol. The standard InChI is InChI=1S/C26H28FN3O3/c1-18(2)28-26(32)30(17-19-7-9-21(27)10-8-19)23-6-4-5-20(15-23)16-25(31)29-22-11-13-24(33-3)14-12-22/h4-15,18H,16-17H2,1-3H3,(H,28,32)(H,29,31). The first-order valence-corrected chi connectivity index (χ1v) is 10.7. The van der Waals surface area contributed by atoms with Gasteiger partial charge in [-0.3, -0.25) is 9.69 Å². The monoisotopic (exact) mass is 449 g/mol. The van der Waals surface area contributed by atoms with Gasteiger partial charge < -0.3 is 15.4 Å². The molecule has 0 radical (unpaired) electrons. The number of hydrogen-bond acceptors (Lipinski definition) is 3. The molecule has 0 spiro atoms. The summed E-state index contributed by atoms with van der Waals surface area (Å²) >= 11 is 0. The molecule has 33 heavy (non-hydrogen) atoms. The summed E-state index contributed by atoms with van der Waals surface area (Å²) in [5.74, 6) is 0.206. The molecule has 0 aromatic heterocycles. The SMILES string of the molecule is COc1ccc(NC(=O)Cc2cccc(N(Cc3ccc(F)cc3)C(=O)NC(C)C)c2)cc1. The average molecular weight is 450 g/mol. The Morgan fingerprint density at radius 3 is 2.30 bits per heavy atom. The van der Waals surface area contributed by atoms with Gasteiger partial charge in [-0.2, -0.15) is 0 Å². The van der Waals surface area contributed by atoms with Crippen molar-refractivity contribution in [2.45, 2.75) is 32.9 Å². The maximum absolute atomic E-state index is 13.3. The van der Waals surface area contributed by atoms with Crippen LogP contribution in [0.5, 0.6) is 5.75 Å². The van der Waals surface area contributed by atoms with Crippen LogP contribution in [0.1, 0.15) is 25.0 Å². The van der Waals surface area contributed by atoms with Crippen molar-refractivity contribution < 1.29 is 18.7 Å². The Bertz CT molecular complexity index is 1080. The van der Waals surface area contributed by atoms with Crippen LogP contribution in [-0.2, 0) is 17.8 Å². The van der Waals surface area contributed by atoms with E-state index in [0.717, 1.165) is 11.1 Å². The number of benzene rings is 3. The normalized spacial score (nSPS) is 10.6. The first kappa shape index (κ1) is 23.8. The van der Waals surface area contributed by atoms with Crippen LogP contribution >= 0.6 is 0 Å². The number of urea groups is 1. The summed E-state index contributed by atoms with van der Waals surface area (Å²) in [6.07, 6.45) is 0.149. The molecule has 0 saturated carbocycles. The van der Waals surface area contributed by atoms with Crippen LogP contribution in [0.3, 0.4) is 0 Å². The summed E-state index contributed by atoms with van der Waals surface area (Å²) in [6.45, 7) is 4.03. The van der Waals surface area contributed by atoms with Crippen molar-refractivity contribution in [2.75, 3.05) is 17.3 Å². The third kappa shape index (κ3) is 7.07. The molecule has 0 atom stereocenters. The highest BCUT2D eigenvalue weighted by Crippen LogP contribution is 2.21. The number of halogens is 1. The van der Waals surface area contributed by atoms with E-state index < -0.39 is 0 Å². The van der Waals surface area contributed by atoms with Gasteiger partial charge in [0.25, 0.3) is 0 Å². The summed E-state index contributed by atoms with van der Waals surface area (Å²) in [6, 6.07) is 20.1. The highest BCUT2D eigenvalue weighted by Gasteiger charge is 2.18. The smallest absolute Gasteiger partial charge is 0.322 e. The Hall–Kier alpha value is -3.87. The van der Waals surface area contributed by atoms with Gasteiger partial charge in [0, 0.05) is 17.4 Å². The zero-order valence-electron chi connectivity index (χ0n) is 19.0. The molecule has 3 aromatic rings. The van der Waals surface area contributed by atoms with Crippen molar-refractivity contribution in [1.82, 2.24) is 5.32 Å². The molecular formula is C26H28FN3O3. The molecule has 2 N–H and O–H groups in total. The number of ether oxygens (including phenoxy) is 1. The third-order valence-corrected chi connectivity index (χ3v) is 4.87. The van der Waals surface area contributed by atoms with Crippen molar-refractivity contribution >= 4 is 23.3 Å². The van der Waals surface area contributed by atoms with Crippen LogP contribution < -0.4 is 20.3 Å². The number of nitrogens with zero attached hydrogens (tertiary/aromatic N) is 1. The number of nitrogens with one attached hydrogen (secondary N) is 2. The van der Waals surface area contributed by atoms with Crippen molar-refractivity contribution in [2.24, 2.45) is 0 Å². The van der Waals surface area contributed by atoms with Gasteiger partial charge in [-0.05, 0) is 73.5 Å². The van der Waals surface area contributed by atoms with E-state index in [9.17, 15) is 14.0 Å². The van der Waals surface area contributed by atoms with Crippen LogP contribution in [0.15, 0.2) is 72.8 Å². The molecule has 0 saturated heterocycles. The molecule has 0 aliphatic carbocycles. The summed E-state index contributed by atoms with van der Waals surface area (Å²) in [5.41, 5.74) is 2.87. The molecule has 0 bridgehead atoms. The van der Waals surface area contributed by atoms with Gasteiger partial charge in [-0.15, -0.1) is 0 Å². The van der Waals surface area contributed by atoms with Crippen LogP contribution in [-0.4, -0.2) is 25.1 Å². The van der Waals surface area contributed by atoms with Crippen LogP contribution in [0.4, 0.5) is 20.6 Å². The molecule has 3 aromatic carbocycles. The number of carbonyl (C=O) groups is 2. The average Bonchev–Trinajstić information content (AvgIpc) is 2.78. The van der Waals surface area contributed by atoms with Gasteiger partial charge in [0.15, 0.2) is 0 Å². The van der Waals surface area contributed by atoms with Gasteiger partial charge in [0.2, 0.25) is 5.91 Å². The predicted molar refractivity (Wildman–Crippen MR) is 128 cm³/mol. The van der Waals surface area contributed by atoms with E-state index in [-0.39, 0.29) is 36.8 Å². The summed E-state index contributed by atoms with van der Waals surface area (Å²) in [4.78, 5) is 27.0. The van der Waals surface area contributed by atoms with Crippen LogP contribution in [0.2, 0.25) is 0 Å². The highest BCUT2D eigenvalue weighted by atomic mass is 19.1. The predicted octanol–water partition coefficient (Wildman–Crippen LogP) is 5.14. The lowest BCUT2D eigenvalue weighted by atomic mass is 10.1. The van der Waals surface area contributed by atoms with Gasteiger partial charge in [0.05, 0.1) is 20.1 Å². The van der Waals surface area contributed by atoms with E-state index in [1.165, 1.54) is 12.1 Å². The van der Waals surface area contributed by atoms with Crippen molar-refractivity contribution in [3.05, 3.63) is 89.7 Å². The largest absolute Gasteiger partial charge is 0.497 e. The van der Waals surface area contributed by atoms with Crippen molar-refractivity contribution in [3.8, 4) is 5.75 Å². The maximum atomic E-state index is 13.3. The summed E-state index contributed by atoms with van der Waals surface area (Å²) in [7, 11) is 1.58. The minimum absolute atomic E-state index is 0.0494. The van der Waals surface area contributed by atoms with Gasteiger partial charge >= 0.3 is 6.03 Å². The first-order chi connectivity index (χ1) is 15.8. The molecule has 0 aliphatic heterocycles. The zero-order valence-corrected chi connectivity index (χ0v) is 19.0. The van der Waals surface area contributed by atoms with E-state index in [2.05, 4.69) is 10.6 Å². The van der Waals surface area contributed by atoms with E-state index >= 15 is 0 Å². The Morgan fingerprint density at radius 1 is 0.970 bits per heavy atom. The molecule has 3 amide bonds. The Morgan fingerprint density at radius 2 is 1.67 bits per heavy atom. The minimum Gasteiger partial charge on any atom is -0.497 e. The fourth-order valence-electron chi connectivity index (χ4n) is 3.28. The Kier molecular flexibility index (Phi) is 8.02. The quantitative estimate of drug-likeness (QED) is 0.500. The van der Waals surface area contributed by atoms with Gasteiger partial charge in [0.1, 0.15) is 11.6 Å². The Balaban J connectivity index is 1.76. The lowest BCUT2D eigenvalue weighted by Crippen LogP contribution is -2.42. The summed E-state index contributed by atoms with van der Waals surface area (Å²) < 4.78 is 18.4. The number of amides is 3. The van der Waals surface area contributed by atoms with Crippen molar-refractivity contribution in [1.29, 1.82) is 0 Å². The lowest BCUT2D eigenvalue weighted by Gasteiger charge is -2.25. The fraction of sp³-hybridized carbons (Fsp3) is 0.231. The molecule has 6 nitrogen and oxygen atoms in total. The molecule has 7 heteroatoms. The highest BCUT2D eigenvalue weighted by molar-refractivity contribution is 5.94. The number of hydrogen-bond donors (Lipinski definition) is 2. The second-order valence-electron chi connectivity index (χ2n) is 7.94. The number of rotatable bonds is 8. The zero-order chi connectivity index (χ0) is 23.8. The van der Waals surface area contributed by atoms with E-state index in [0.29, 0.717) is 17.1 Å².